The molecule has 2 heterocycles. The lowest BCUT2D eigenvalue weighted by Gasteiger charge is -2.23. The quantitative estimate of drug-likeness (QED) is 0.343. The van der Waals surface area contributed by atoms with Crippen LogP contribution < -0.4 is 10.5 Å². The van der Waals surface area contributed by atoms with Crippen LogP contribution in [0.2, 0.25) is 0 Å². The van der Waals surface area contributed by atoms with E-state index < -0.39 is 10.0 Å². The number of carbonyl (C=O) groups is 1. The van der Waals surface area contributed by atoms with Gasteiger partial charge in [0.15, 0.2) is 0 Å². The molecule has 0 bridgehead atoms. The van der Waals surface area contributed by atoms with E-state index in [1.54, 1.807) is 11.3 Å². The molecule has 0 spiro atoms. The van der Waals surface area contributed by atoms with Crippen molar-refractivity contribution in [1.82, 2.24) is 4.98 Å². The summed E-state index contributed by atoms with van der Waals surface area (Å²) in [4.78, 5) is 18.6. The molecule has 0 saturated heterocycles. The maximum atomic E-state index is 12.7. The first-order chi connectivity index (χ1) is 17.3. The van der Waals surface area contributed by atoms with E-state index in [2.05, 4.69) is 23.5 Å². The molecular formula is C26H20N4O3S3. The molecule has 0 fully saturated rings. The summed E-state index contributed by atoms with van der Waals surface area (Å²) in [6.45, 7) is 0. The highest BCUT2D eigenvalue weighted by Gasteiger charge is 2.26. The van der Waals surface area contributed by atoms with Crippen LogP contribution >= 0.6 is 23.1 Å². The average molecular weight is 533 g/mol. The number of hydrogen-bond acceptors (Lipinski definition) is 7. The average Bonchev–Trinajstić information content (AvgIpc) is 3.41. The highest BCUT2D eigenvalue weighted by Crippen LogP contribution is 2.43. The van der Waals surface area contributed by atoms with Crippen molar-refractivity contribution in [3.8, 4) is 27.8 Å². The van der Waals surface area contributed by atoms with Crippen molar-refractivity contribution in [3.05, 3.63) is 82.7 Å². The van der Waals surface area contributed by atoms with E-state index in [1.807, 2.05) is 29.6 Å². The second-order valence-corrected chi connectivity index (χ2v) is 11.6. The van der Waals surface area contributed by atoms with Crippen molar-refractivity contribution in [1.29, 1.82) is 5.26 Å². The van der Waals surface area contributed by atoms with Crippen LogP contribution in [-0.4, -0.2) is 25.1 Å². The van der Waals surface area contributed by atoms with Gasteiger partial charge in [-0.05, 0) is 59.7 Å². The van der Waals surface area contributed by atoms with Crippen LogP contribution in [0.5, 0.6) is 0 Å². The molecule has 1 aliphatic rings. The van der Waals surface area contributed by atoms with E-state index in [0.717, 1.165) is 40.1 Å². The van der Waals surface area contributed by atoms with Crippen LogP contribution in [0, 0.1) is 11.3 Å². The Kier molecular flexibility index (Phi) is 6.64. The van der Waals surface area contributed by atoms with Crippen LogP contribution in [-0.2, 0) is 27.7 Å². The summed E-state index contributed by atoms with van der Waals surface area (Å²) in [7, 11) is -3.81. The number of anilines is 1. The molecule has 3 N–H and O–H groups in total. The van der Waals surface area contributed by atoms with Crippen molar-refractivity contribution in [2.24, 2.45) is 5.14 Å². The van der Waals surface area contributed by atoms with Crippen LogP contribution in [0.4, 0.5) is 5.69 Å². The van der Waals surface area contributed by atoms with E-state index in [4.69, 9.17) is 10.1 Å². The molecule has 7 nitrogen and oxygen atoms in total. The molecule has 2 aromatic heterocycles. The third-order valence-corrected chi connectivity index (χ3v) is 8.66. The summed E-state index contributed by atoms with van der Waals surface area (Å²) in [6.07, 6.45) is 1.68. The second kappa shape index (κ2) is 9.87. The Bertz CT molecular complexity index is 1610. The van der Waals surface area contributed by atoms with Gasteiger partial charge in [-0.3, -0.25) is 4.79 Å². The minimum Gasteiger partial charge on any atom is -0.325 e. The molecule has 0 saturated carbocycles. The Morgan fingerprint density at radius 2 is 1.89 bits per heavy atom. The Morgan fingerprint density at radius 3 is 2.58 bits per heavy atom. The molecule has 0 aliphatic heterocycles. The number of nitrogens with two attached hydrogens (primary N) is 1. The van der Waals surface area contributed by atoms with Gasteiger partial charge >= 0.3 is 0 Å². The van der Waals surface area contributed by atoms with E-state index in [-0.39, 0.29) is 16.6 Å². The van der Waals surface area contributed by atoms with Gasteiger partial charge in [0.1, 0.15) is 11.1 Å². The number of nitrogens with one attached hydrogen (secondary N) is 1. The Labute approximate surface area is 217 Å². The maximum Gasteiger partial charge on any atom is 0.238 e. The van der Waals surface area contributed by atoms with Crippen LogP contribution in [0.1, 0.15) is 16.7 Å². The van der Waals surface area contributed by atoms with E-state index in [0.29, 0.717) is 16.3 Å². The van der Waals surface area contributed by atoms with Gasteiger partial charge in [0.25, 0.3) is 0 Å². The number of fused-ring (bicyclic) bond motifs is 3. The number of aryl methyl sites for hydroxylation is 1. The lowest BCUT2D eigenvalue weighted by molar-refractivity contribution is -0.113. The number of amides is 1. The zero-order valence-corrected chi connectivity index (χ0v) is 21.3. The molecule has 0 atom stereocenters. The summed E-state index contributed by atoms with van der Waals surface area (Å²) in [6, 6.07) is 20.1. The van der Waals surface area contributed by atoms with Gasteiger partial charge in [-0.25, -0.2) is 18.5 Å². The van der Waals surface area contributed by atoms with Crippen molar-refractivity contribution in [3.63, 3.8) is 0 Å². The lowest BCUT2D eigenvalue weighted by atomic mass is 9.85. The summed E-state index contributed by atoms with van der Waals surface area (Å²) >= 11 is 2.79. The van der Waals surface area contributed by atoms with Gasteiger partial charge in [-0.1, -0.05) is 42.1 Å². The van der Waals surface area contributed by atoms with Crippen molar-refractivity contribution >= 4 is 44.7 Å². The predicted molar refractivity (Wildman–Crippen MR) is 142 cm³/mol. The molecule has 5 rings (SSSR count). The number of pyridine rings is 1. The molecule has 0 radical (unpaired) electrons. The number of thiophene rings is 1. The topological polar surface area (TPSA) is 126 Å². The van der Waals surface area contributed by atoms with Gasteiger partial charge in [-0.15, -0.1) is 11.3 Å². The zero-order chi connectivity index (χ0) is 25.3. The fraction of sp³-hybridized carbons (Fsp3) is 0.115. The summed E-state index contributed by atoms with van der Waals surface area (Å²) in [5.41, 5.74) is 6.02. The molecule has 2 aromatic carbocycles. The van der Waals surface area contributed by atoms with Gasteiger partial charge in [-0.2, -0.15) is 5.26 Å². The molecule has 36 heavy (non-hydrogen) atoms. The van der Waals surface area contributed by atoms with Gasteiger partial charge < -0.3 is 5.32 Å². The first kappa shape index (κ1) is 24.2. The minimum absolute atomic E-state index is 0.0307. The highest BCUT2D eigenvalue weighted by atomic mass is 32.2. The third-order valence-electron chi connectivity index (χ3n) is 5.87. The van der Waals surface area contributed by atoms with E-state index in [9.17, 15) is 18.5 Å². The SMILES string of the molecule is N#Cc1c(SCC(=O)Nc2ccc(S(N)(=O)=O)cc2)nc2c(c1-c1cccs1)CCc1ccccc1-2. The maximum absolute atomic E-state index is 12.7. The Balaban J connectivity index is 1.46. The monoisotopic (exact) mass is 532 g/mol. The van der Waals surface area contributed by atoms with Gasteiger partial charge in [0.05, 0.1) is 21.9 Å². The normalized spacial score (nSPS) is 12.3. The second-order valence-electron chi connectivity index (χ2n) is 8.15. The standard InChI is InChI=1S/C26H20N4O3S3/c27-14-21-24(22-6-3-13-34-22)20-12-7-16-4-1-2-5-19(16)25(20)30-26(21)35-15-23(31)29-17-8-10-18(11-9-17)36(28,32)33/h1-6,8-11,13H,7,12,15H2,(H,29,31)(H2,28,32,33). The van der Waals surface area contributed by atoms with Crippen LogP contribution in [0.15, 0.2) is 76.0 Å². The molecule has 10 heteroatoms. The number of rotatable bonds is 6. The summed E-state index contributed by atoms with van der Waals surface area (Å²) in [5, 5.41) is 20.5. The van der Waals surface area contributed by atoms with Crippen molar-refractivity contribution in [2.45, 2.75) is 22.8 Å². The number of nitrogens with zero attached hydrogens (tertiary/aromatic N) is 2. The fourth-order valence-corrected chi connectivity index (χ4v) is 6.36. The number of benzene rings is 2. The molecular weight excluding hydrogens is 513 g/mol. The van der Waals surface area contributed by atoms with Crippen molar-refractivity contribution < 1.29 is 13.2 Å². The summed E-state index contributed by atoms with van der Waals surface area (Å²) < 4.78 is 22.9. The van der Waals surface area contributed by atoms with Gasteiger partial charge in [0.2, 0.25) is 15.9 Å². The molecule has 1 aliphatic carbocycles. The highest BCUT2D eigenvalue weighted by molar-refractivity contribution is 8.00. The predicted octanol–water partition coefficient (Wildman–Crippen LogP) is 4.83. The number of thioether (sulfide) groups is 1. The fourth-order valence-electron chi connectivity index (χ4n) is 4.26. The lowest BCUT2D eigenvalue weighted by Crippen LogP contribution is -2.16. The smallest absolute Gasteiger partial charge is 0.238 e. The van der Waals surface area contributed by atoms with Crippen LogP contribution in [0.25, 0.3) is 21.7 Å². The van der Waals surface area contributed by atoms with Crippen LogP contribution in [0.3, 0.4) is 0 Å². The summed E-state index contributed by atoms with van der Waals surface area (Å²) in [5.74, 6) is -0.270. The number of carbonyl (C=O) groups excluding carboxylic acids is 1. The Morgan fingerprint density at radius 1 is 1.11 bits per heavy atom. The van der Waals surface area contributed by atoms with E-state index in [1.165, 1.54) is 41.6 Å². The number of primary sulfonamides is 1. The number of sulfonamides is 1. The number of hydrogen-bond donors (Lipinski definition) is 2. The number of nitriles is 1. The van der Waals surface area contributed by atoms with Gasteiger partial charge in [0, 0.05) is 21.7 Å². The zero-order valence-electron chi connectivity index (χ0n) is 18.9. The first-order valence-corrected chi connectivity index (χ1v) is 14.4. The largest absolute Gasteiger partial charge is 0.325 e. The Hall–Kier alpha value is -3.49. The number of aromatic nitrogens is 1. The third kappa shape index (κ3) is 4.79. The molecule has 0 unspecified atom stereocenters. The molecule has 180 valence electrons. The van der Waals surface area contributed by atoms with Crippen molar-refractivity contribution in [2.75, 3.05) is 11.1 Å². The minimum atomic E-state index is -3.81. The molecule has 1 amide bonds. The van der Waals surface area contributed by atoms with E-state index >= 15 is 0 Å². The first-order valence-electron chi connectivity index (χ1n) is 11.0. The molecule has 4 aromatic rings.